The number of non-ortho nitro benzene ring substituents is 1. The van der Waals surface area contributed by atoms with Crippen LogP contribution in [0.3, 0.4) is 0 Å². The summed E-state index contributed by atoms with van der Waals surface area (Å²) in [5.74, 6) is 0. The van der Waals surface area contributed by atoms with Crippen LogP contribution in [0.2, 0.25) is 5.02 Å². The lowest BCUT2D eigenvalue weighted by Gasteiger charge is -2.09. The molecule has 0 heterocycles. The number of benzene rings is 2. The van der Waals surface area contributed by atoms with Crippen LogP contribution in [0.1, 0.15) is 0 Å². The van der Waals surface area contributed by atoms with Crippen molar-refractivity contribution in [3.05, 3.63) is 61.6 Å². The van der Waals surface area contributed by atoms with E-state index in [2.05, 4.69) is 0 Å². The molecule has 26 heavy (non-hydrogen) atoms. The normalized spacial score (nSPS) is 11.9. The van der Waals surface area contributed by atoms with Crippen molar-refractivity contribution in [3.8, 4) is 0 Å². The molecule has 0 bridgehead atoms. The summed E-state index contributed by atoms with van der Waals surface area (Å²) in [4.78, 5) is 16.7. The average molecular weight is 423 g/mol. The van der Waals surface area contributed by atoms with Crippen LogP contribution in [0.5, 0.6) is 0 Å². The van der Waals surface area contributed by atoms with Gasteiger partial charge in [-0.05, 0) is 24.3 Å². The van der Waals surface area contributed by atoms with Gasteiger partial charge in [0.05, 0.1) is 20.8 Å². The van der Waals surface area contributed by atoms with Crippen molar-refractivity contribution in [2.24, 2.45) is 0 Å². The van der Waals surface area contributed by atoms with Crippen molar-refractivity contribution in [2.45, 2.75) is 14.7 Å². The molecule has 0 spiro atoms. The van der Waals surface area contributed by atoms with E-state index in [-0.39, 0.29) is 5.02 Å². The maximum atomic E-state index is 12.7. The second kappa shape index (κ2) is 6.60. The molecule has 0 aliphatic rings. The number of nitrogens with zero attached hydrogens (tertiary/aromatic N) is 2. The summed E-state index contributed by atoms with van der Waals surface area (Å²) >= 11 is 5.60. The van der Waals surface area contributed by atoms with Crippen LogP contribution < -0.4 is 0 Å². The summed E-state index contributed by atoms with van der Waals surface area (Å²) in [6.07, 6.45) is 0. The number of sulfone groups is 1. The molecule has 11 nitrogen and oxygen atoms in total. The Kier molecular flexibility index (Phi) is 5.01. The Labute approximate surface area is 150 Å². The molecule has 138 valence electrons. The highest BCUT2D eigenvalue weighted by Gasteiger charge is 2.34. The summed E-state index contributed by atoms with van der Waals surface area (Å²) in [6.45, 7) is 0. The number of hydrogen-bond donors (Lipinski definition) is 1. The molecule has 0 aliphatic carbocycles. The highest BCUT2D eigenvalue weighted by Crippen LogP contribution is 2.35. The minimum absolute atomic E-state index is 0.213. The number of nitro groups is 2. The molecule has 0 atom stereocenters. The zero-order valence-corrected chi connectivity index (χ0v) is 14.7. The van der Waals surface area contributed by atoms with E-state index in [9.17, 15) is 41.6 Å². The first kappa shape index (κ1) is 19.7. The lowest BCUT2D eigenvalue weighted by atomic mass is 10.3. The van der Waals surface area contributed by atoms with Crippen LogP contribution in [0, 0.1) is 20.2 Å². The first-order valence-corrected chi connectivity index (χ1v) is 9.61. The highest BCUT2D eigenvalue weighted by atomic mass is 35.5. The Hall–Kier alpha value is -2.61. The van der Waals surface area contributed by atoms with Crippen LogP contribution in [-0.2, 0) is 20.0 Å². The summed E-state index contributed by atoms with van der Waals surface area (Å²) in [5.41, 5.74) is -1.86. The van der Waals surface area contributed by atoms with Gasteiger partial charge in [-0.15, -0.1) is 0 Å². The molecule has 2 aromatic carbocycles. The van der Waals surface area contributed by atoms with Gasteiger partial charge in [0.2, 0.25) is 9.84 Å². The molecular formula is C12H7ClN2O9S2. The molecule has 0 saturated carbocycles. The fourth-order valence-electron chi connectivity index (χ4n) is 2.01. The van der Waals surface area contributed by atoms with Crippen molar-refractivity contribution < 1.29 is 31.2 Å². The third-order valence-corrected chi connectivity index (χ3v) is 6.23. The van der Waals surface area contributed by atoms with Crippen LogP contribution in [0.25, 0.3) is 0 Å². The topological polar surface area (TPSA) is 175 Å². The van der Waals surface area contributed by atoms with E-state index >= 15 is 0 Å². The second-order valence-electron chi connectivity index (χ2n) is 4.74. The van der Waals surface area contributed by atoms with Crippen molar-refractivity contribution in [3.63, 3.8) is 0 Å². The van der Waals surface area contributed by atoms with Crippen molar-refractivity contribution >= 4 is 42.9 Å². The molecule has 1 N–H and O–H groups in total. The summed E-state index contributed by atoms with van der Waals surface area (Å²) < 4.78 is 57.6. The van der Waals surface area contributed by atoms with Crippen molar-refractivity contribution in [1.82, 2.24) is 0 Å². The minimum Gasteiger partial charge on any atom is -0.282 e. The third kappa shape index (κ3) is 3.65. The van der Waals surface area contributed by atoms with Gasteiger partial charge < -0.3 is 0 Å². The Morgan fingerprint density at radius 2 is 1.42 bits per heavy atom. The molecule has 14 heteroatoms. The fraction of sp³-hybridized carbons (Fsp3) is 0. The van der Waals surface area contributed by atoms with Crippen molar-refractivity contribution in [1.29, 1.82) is 0 Å². The van der Waals surface area contributed by atoms with E-state index in [4.69, 9.17) is 11.6 Å². The SMILES string of the molecule is O=[N+]([O-])c1ccc(S(=O)(=O)c2ccc(Cl)cc2S(=O)(=O)O)c([N+](=O)[O-])c1. The number of hydrogen-bond acceptors (Lipinski definition) is 8. The second-order valence-corrected chi connectivity index (χ2v) is 8.45. The van der Waals surface area contributed by atoms with E-state index in [0.717, 1.165) is 12.1 Å². The van der Waals surface area contributed by atoms with Gasteiger partial charge in [-0.25, -0.2) is 8.42 Å². The van der Waals surface area contributed by atoms with E-state index < -0.39 is 55.9 Å². The Morgan fingerprint density at radius 3 is 1.92 bits per heavy atom. The Morgan fingerprint density at radius 1 is 0.846 bits per heavy atom. The predicted molar refractivity (Wildman–Crippen MR) is 86.5 cm³/mol. The lowest BCUT2D eigenvalue weighted by Crippen LogP contribution is -2.11. The lowest BCUT2D eigenvalue weighted by molar-refractivity contribution is -0.396. The molecule has 0 aromatic heterocycles. The van der Waals surface area contributed by atoms with Gasteiger partial charge in [-0.2, -0.15) is 8.42 Å². The van der Waals surface area contributed by atoms with E-state index in [1.54, 1.807) is 0 Å². The minimum atomic E-state index is -5.04. The molecule has 2 aromatic rings. The molecule has 0 amide bonds. The summed E-state index contributed by atoms with van der Waals surface area (Å²) in [6, 6.07) is 4.14. The van der Waals surface area contributed by atoms with Gasteiger partial charge in [-0.3, -0.25) is 24.8 Å². The Bertz CT molecular complexity index is 1140. The zero-order chi connectivity index (χ0) is 19.9. The van der Waals surface area contributed by atoms with Crippen LogP contribution in [0.15, 0.2) is 51.1 Å². The predicted octanol–water partition coefficient (Wildman–Crippen LogP) is 2.24. The van der Waals surface area contributed by atoms with Crippen LogP contribution in [0.4, 0.5) is 11.4 Å². The van der Waals surface area contributed by atoms with Gasteiger partial charge in [0.1, 0.15) is 9.79 Å². The molecule has 0 fully saturated rings. The van der Waals surface area contributed by atoms with Gasteiger partial charge in [0, 0.05) is 11.1 Å². The fourth-order valence-corrected chi connectivity index (χ4v) is 4.96. The number of rotatable bonds is 5. The first-order chi connectivity index (χ1) is 11.9. The smallest absolute Gasteiger partial charge is 0.282 e. The van der Waals surface area contributed by atoms with Crippen LogP contribution >= 0.6 is 11.6 Å². The van der Waals surface area contributed by atoms with Gasteiger partial charge in [-0.1, -0.05) is 11.6 Å². The monoisotopic (exact) mass is 422 g/mol. The quantitative estimate of drug-likeness (QED) is 0.430. The zero-order valence-electron chi connectivity index (χ0n) is 12.3. The standard InChI is InChI=1S/C12H7ClN2O9S2/c13-7-1-3-11(12(5-7)26(22,23)24)25(20,21)10-4-2-8(14(16)17)6-9(10)15(18)19/h1-6H,(H,22,23,24). The van der Waals surface area contributed by atoms with E-state index in [0.29, 0.717) is 24.3 Å². The largest absolute Gasteiger partial charge is 0.295 e. The van der Waals surface area contributed by atoms with Gasteiger partial charge >= 0.3 is 0 Å². The van der Waals surface area contributed by atoms with Crippen molar-refractivity contribution in [2.75, 3.05) is 0 Å². The third-order valence-electron chi connectivity index (χ3n) is 3.11. The van der Waals surface area contributed by atoms with Gasteiger partial charge in [0.25, 0.3) is 21.5 Å². The molecule has 2 rings (SSSR count). The average Bonchev–Trinajstić information content (AvgIpc) is 2.53. The summed E-state index contributed by atoms with van der Waals surface area (Å²) in [7, 11) is -9.89. The maximum absolute atomic E-state index is 12.7. The molecule has 0 aliphatic heterocycles. The summed E-state index contributed by atoms with van der Waals surface area (Å²) in [5, 5.41) is 21.7. The molecule has 0 saturated heterocycles. The van der Waals surface area contributed by atoms with E-state index in [1.807, 2.05) is 0 Å². The first-order valence-electron chi connectivity index (χ1n) is 6.30. The van der Waals surface area contributed by atoms with Crippen LogP contribution in [-0.4, -0.2) is 31.2 Å². The van der Waals surface area contributed by atoms with Gasteiger partial charge in [0.15, 0.2) is 0 Å². The number of halogens is 1. The number of nitro benzene ring substituents is 2. The molecule has 0 unspecified atom stereocenters. The highest BCUT2D eigenvalue weighted by molar-refractivity contribution is 7.93. The Balaban J connectivity index is 2.86. The van der Waals surface area contributed by atoms with E-state index in [1.165, 1.54) is 0 Å². The molecular weight excluding hydrogens is 416 g/mol. The maximum Gasteiger partial charge on any atom is 0.295 e. The molecule has 0 radical (unpaired) electrons.